The van der Waals surface area contributed by atoms with Crippen molar-refractivity contribution in [2.24, 2.45) is 5.92 Å². The highest BCUT2D eigenvalue weighted by Gasteiger charge is 2.28. The summed E-state index contributed by atoms with van der Waals surface area (Å²) in [4.78, 5) is 40.7. The summed E-state index contributed by atoms with van der Waals surface area (Å²) in [5.74, 6) is 1.42. The van der Waals surface area contributed by atoms with Gasteiger partial charge >= 0.3 is 5.97 Å². The number of anilines is 2. The van der Waals surface area contributed by atoms with Crippen LogP contribution < -0.4 is 25.1 Å². The van der Waals surface area contributed by atoms with Crippen molar-refractivity contribution in [1.29, 1.82) is 0 Å². The molecule has 0 atom stereocenters. The summed E-state index contributed by atoms with van der Waals surface area (Å²) >= 11 is 0. The van der Waals surface area contributed by atoms with E-state index in [0.29, 0.717) is 66.7 Å². The zero-order valence-electron chi connectivity index (χ0n) is 24.8. The number of hydrogen-bond donors (Lipinski definition) is 1. The van der Waals surface area contributed by atoms with Gasteiger partial charge in [-0.25, -0.2) is 0 Å². The third-order valence-corrected chi connectivity index (χ3v) is 7.33. The monoisotopic (exact) mass is 598 g/mol. The molecular weight excluding hydrogens is 564 g/mol. The number of likely N-dealkylation sites (tertiary alicyclic amines) is 1. The Hall–Kier alpha value is -5.32. The van der Waals surface area contributed by atoms with Gasteiger partial charge in [0.15, 0.2) is 11.4 Å². The number of hydrogen-bond acceptors (Lipinski definition) is 9. The molecule has 11 heteroatoms. The Labute approximate surface area is 254 Å². The van der Waals surface area contributed by atoms with Gasteiger partial charge in [0.2, 0.25) is 0 Å². The maximum Gasteiger partial charge on any atom is 0.309 e. The van der Waals surface area contributed by atoms with Gasteiger partial charge in [0.05, 0.1) is 38.6 Å². The van der Waals surface area contributed by atoms with E-state index in [2.05, 4.69) is 10.4 Å². The van der Waals surface area contributed by atoms with Crippen LogP contribution in [0.25, 0.3) is 5.69 Å². The van der Waals surface area contributed by atoms with E-state index in [1.807, 2.05) is 0 Å². The summed E-state index contributed by atoms with van der Waals surface area (Å²) in [7, 11) is 3.13. The van der Waals surface area contributed by atoms with Crippen molar-refractivity contribution < 1.29 is 28.5 Å². The molecule has 2 heterocycles. The fourth-order valence-corrected chi connectivity index (χ4v) is 4.93. The molecule has 1 amide bonds. The second kappa shape index (κ2) is 13.8. The van der Waals surface area contributed by atoms with Gasteiger partial charge in [0.1, 0.15) is 17.2 Å². The minimum absolute atomic E-state index is 0.119. The minimum atomic E-state index is -0.444. The number of carbonyl (C=O) groups excluding carboxylic acids is 2. The van der Waals surface area contributed by atoms with E-state index in [4.69, 9.17) is 18.9 Å². The first-order chi connectivity index (χ1) is 21.4. The number of methoxy groups -OCH3 is 2. The zero-order chi connectivity index (χ0) is 31.1. The molecule has 3 aromatic carbocycles. The van der Waals surface area contributed by atoms with Gasteiger partial charge in [0.25, 0.3) is 11.5 Å². The van der Waals surface area contributed by atoms with Gasteiger partial charge in [-0.05, 0) is 80.4 Å². The van der Waals surface area contributed by atoms with Crippen LogP contribution in [0.4, 0.5) is 11.4 Å². The quantitative estimate of drug-likeness (QED) is 0.246. The van der Waals surface area contributed by atoms with Crippen molar-refractivity contribution in [3.05, 3.63) is 94.9 Å². The molecule has 1 aliphatic heterocycles. The lowest BCUT2D eigenvalue weighted by molar-refractivity contribution is -0.149. The summed E-state index contributed by atoms with van der Waals surface area (Å²) in [6, 6.07) is 20.8. The Morgan fingerprint density at radius 1 is 0.909 bits per heavy atom. The summed E-state index contributed by atoms with van der Waals surface area (Å²) in [6.45, 7) is 3.10. The SMILES string of the molecule is CCOC(=O)C1CCN(C(=O)c2ccc(Nc3c(Oc4cccc(OC)c4)cnn(-c4ccc(OC)cc4)c3=O)cc2)CC1. The number of nitrogens with one attached hydrogen (secondary N) is 1. The Balaban J connectivity index is 1.38. The molecule has 0 saturated carbocycles. The Morgan fingerprint density at radius 2 is 1.59 bits per heavy atom. The Kier molecular flexibility index (Phi) is 9.43. The zero-order valence-corrected chi connectivity index (χ0v) is 24.8. The molecule has 1 aromatic heterocycles. The lowest BCUT2D eigenvalue weighted by atomic mass is 9.96. The first-order valence-electron chi connectivity index (χ1n) is 14.3. The summed E-state index contributed by atoms with van der Waals surface area (Å²) in [5.41, 5.74) is 1.32. The number of piperidine rings is 1. The van der Waals surface area contributed by atoms with Gasteiger partial charge in [-0.3, -0.25) is 14.4 Å². The average Bonchev–Trinajstić information content (AvgIpc) is 3.07. The molecule has 228 valence electrons. The standard InChI is InChI=1S/C33H34N4O7/c1-4-43-33(40)23-16-18-36(19-17-23)31(38)22-8-10-24(11-9-22)35-30-29(44-28-7-5-6-27(20-28)42-3)21-34-37(32(30)39)25-12-14-26(41-2)15-13-25/h5-15,20-21,23,35H,4,16-19H2,1-3H3. The predicted molar refractivity (Wildman–Crippen MR) is 164 cm³/mol. The highest BCUT2D eigenvalue weighted by Crippen LogP contribution is 2.31. The second-order valence-corrected chi connectivity index (χ2v) is 10.1. The number of rotatable bonds is 10. The minimum Gasteiger partial charge on any atom is -0.497 e. The summed E-state index contributed by atoms with van der Waals surface area (Å²) in [5, 5.41) is 7.52. The molecule has 44 heavy (non-hydrogen) atoms. The number of carbonyl (C=O) groups is 2. The molecule has 1 fully saturated rings. The van der Waals surface area contributed by atoms with Crippen LogP contribution in [0.1, 0.15) is 30.1 Å². The number of ether oxygens (including phenoxy) is 4. The highest BCUT2D eigenvalue weighted by molar-refractivity contribution is 5.94. The average molecular weight is 599 g/mol. The number of esters is 1. The Bertz CT molecular complexity index is 1660. The maximum absolute atomic E-state index is 13.8. The van der Waals surface area contributed by atoms with Gasteiger partial charge in [-0.2, -0.15) is 9.78 Å². The van der Waals surface area contributed by atoms with Crippen LogP contribution in [0, 0.1) is 5.92 Å². The van der Waals surface area contributed by atoms with E-state index < -0.39 is 5.56 Å². The summed E-state index contributed by atoms with van der Waals surface area (Å²) < 4.78 is 23.0. The fourth-order valence-electron chi connectivity index (χ4n) is 4.93. The lowest BCUT2D eigenvalue weighted by Crippen LogP contribution is -2.40. The van der Waals surface area contributed by atoms with Crippen molar-refractivity contribution in [3.63, 3.8) is 0 Å². The molecule has 0 unspecified atom stereocenters. The van der Waals surface area contributed by atoms with E-state index in [9.17, 15) is 14.4 Å². The van der Waals surface area contributed by atoms with Crippen LogP contribution >= 0.6 is 0 Å². The van der Waals surface area contributed by atoms with E-state index >= 15 is 0 Å². The number of aromatic nitrogens is 2. The molecule has 0 spiro atoms. The third kappa shape index (κ3) is 6.83. The van der Waals surface area contributed by atoms with Gasteiger partial charge in [0, 0.05) is 30.4 Å². The number of nitrogens with zero attached hydrogens (tertiary/aromatic N) is 3. The molecule has 1 saturated heterocycles. The molecule has 1 N–H and O–H groups in total. The molecule has 11 nitrogen and oxygen atoms in total. The van der Waals surface area contributed by atoms with Crippen LogP contribution in [-0.4, -0.2) is 60.5 Å². The van der Waals surface area contributed by atoms with Crippen molar-refractivity contribution >= 4 is 23.3 Å². The lowest BCUT2D eigenvalue weighted by Gasteiger charge is -2.31. The van der Waals surface area contributed by atoms with Crippen LogP contribution in [0.5, 0.6) is 23.0 Å². The smallest absolute Gasteiger partial charge is 0.309 e. The number of benzene rings is 3. The maximum atomic E-state index is 13.8. The van der Waals surface area contributed by atoms with E-state index in [-0.39, 0.29) is 29.2 Å². The predicted octanol–water partition coefficient (Wildman–Crippen LogP) is 5.20. The third-order valence-electron chi connectivity index (χ3n) is 7.33. The molecular formula is C33H34N4O7. The van der Waals surface area contributed by atoms with Crippen LogP contribution in [0.2, 0.25) is 0 Å². The van der Waals surface area contributed by atoms with E-state index in [1.54, 1.807) is 98.8 Å². The molecule has 0 radical (unpaired) electrons. The first-order valence-corrected chi connectivity index (χ1v) is 14.3. The normalized spacial score (nSPS) is 13.2. The van der Waals surface area contributed by atoms with Crippen molar-refractivity contribution in [3.8, 4) is 28.7 Å². The fraction of sp³-hybridized carbons (Fsp3) is 0.273. The van der Waals surface area contributed by atoms with Crippen molar-refractivity contribution in [1.82, 2.24) is 14.7 Å². The molecule has 0 bridgehead atoms. The van der Waals surface area contributed by atoms with Gasteiger partial charge in [-0.15, -0.1) is 0 Å². The summed E-state index contributed by atoms with van der Waals surface area (Å²) in [6.07, 6.45) is 2.61. The van der Waals surface area contributed by atoms with Crippen molar-refractivity contribution in [2.45, 2.75) is 19.8 Å². The topological polar surface area (TPSA) is 121 Å². The first kappa shape index (κ1) is 30.1. The van der Waals surface area contributed by atoms with Crippen LogP contribution in [0.15, 0.2) is 83.8 Å². The van der Waals surface area contributed by atoms with Crippen LogP contribution in [-0.2, 0) is 9.53 Å². The highest BCUT2D eigenvalue weighted by atomic mass is 16.5. The second-order valence-electron chi connectivity index (χ2n) is 10.1. The van der Waals surface area contributed by atoms with Gasteiger partial charge in [-0.1, -0.05) is 6.07 Å². The molecule has 1 aliphatic rings. The Morgan fingerprint density at radius 3 is 2.25 bits per heavy atom. The number of amides is 1. The van der Waals surface area contributed by atoms with Gasteiger partial charge < -0.3 is 29.2 Å². The molecule has 4 aromatic rings. The largest absolute Gasteiger partial charge is 0.497 e. The molecule has 5 rings (SSSR count). The van der Waals surface area contributed by atoms with E-state index in [1.165, 1.54) is 10.9 Å². The van der Waals surface area contributed by atoms with E-state index in [0.717, 1.165) is 0 Å². The van der Waals surface area contributed by atoms with Crippen molar-refractivity contribution in [2.75, 3.05) is 39.2 Å². The molecule has 0 aliphatic carbocycles. The van der Waals surface area contributed by atoms with Crippen LogP contribution in [0.3, 0.4) is 0 Å².